The molecule has 0 saturated heterocycles. The lowest BCUT2D eigenvalue weighted by atomic mass is 10.1. The highest BCUT2D eigenvalue weighted by molar-refractivity contribution is 6.49. The third-order valence-corrected chi connectivity index (χ3v) is 2.51. The number of fused-ring (bicyclic) bond motifs is 1. The van der Waals surface area contributed by atoms with Crippen LogP contribution in [-0.2, 0) is 0 Å². The molecular weight excluding hydrogens is 223 g/mol. The SMILES string of the molecule is O=[N+]1CC=C(Cl)c2cc(Cl)ccc2N1. The molecule has 1 heterocycles. The van der Waals surface area contributed by atoms with E-state index in [4.69, 9.17) is 23.2 Å². The smallest absolute Gasteiger partial charge is 0.120 e. The number of rotatable bonds is 0. The summed E-state index contributed by atoms with van der Waals surface area (Å²) < 4.78 is 0. The number of nitrogens with zero attached hydrogens (tertiary/aromatic N) is 1. The van der Waals surface area contributed by atoms with Crippen LogP contribution >= 0.6 is 23.2 Å². The molecule has 0 unspecified atom stereocenters. The van der Waals surface area contributed by atoms with Gasteiger partial charge in [-0.05, 0) is 18.2 Å². The van der Waals surface area contributed by atoms with Crippen LogP contribution in [-0.4, -0.2) is 11.4 Å². The van der Waals surface area contributed by atoms with E-state index in [9.17, 15) is 4.91 Å². The van der Waals surface area contributed by atoms with Crippen LogP contribution in [0.1, 0.15) is 5.56 Å². The Kier molecular flexibility index (Phi) is 2.44. The molecule has 0 radical (unpaired) electrons. The minimum Gasteiger partial charge on any atom is -0.120 e. The Labute approximate surface area is 90.9 Å². The summed E-state index contributed by atoms with van der Waals surface area (Å²) in [4.78, 5) is 11.9. The minimum atomic E-state index is 0.213. The number of hydrogen-bond donors (Lipinski definition) is 1. The molecule has 5 heteroatoms. The molecule has 3 nitrogen and oxygen atoms in total. The molecule has 2 rings (SSSR count). The van der Waals surface area contributed by atoms with Crippen LogP contribution in [0.5, 0.6) is 0 Å². The van der Waals surface area contributed by atoms with Gasteiger partial charge in [0.1, 0.15) is 10.6 Å². The highest BCUT2D eigenvalue weighted by Gasteiger charge is 2.18. The number of nitrogens with one attached hydrogen (secondary N) is 1. The number of benzene rings is 1. The molecule has 1 aliphatic heterocycles. The topological polar surface area (TPSA) is 32.1 Å². The van der Waals surface area contributed by atoms with E-state index in [2.05, 4.69) is 5.43 Å². The Hall–Kier alpha value is -1.06. The van der Waals surface area contributed by atoms with Crippen LogP contribution in [0.25, 0.3) is 5.03 Å². The van der Waals surface area contributed by atoms with Gasteiger partial charge in [-0.1, -0.05) is 23.2 Å². The molecule has 0 bridgehead atoms. The van der Waals surface area contributed by atoms with Crippen molar-refractivity contribution in [1.29, 1.82) is 0 Å². The summed E-state index contributed by atoms with van der Waals surface area (Å²) >= 11 is 11.8. The van der Waals surface area contributed by atoms with Gasteiger partial charge >= 0.3 is 0 Å². The summed E-state index contributed by atoms with van der Waals surface area (Å²) in [6.07, 6.45) is 1.64. The van der Waals surface area contributed by atoms with E-state index >= 15 is 0 Å². The number of hydrogen-bond acceptors (Lipinski definition) is 1. The standard InChI is InChI=1S/C9H7Cl2N2O/c10-6-1-2-9-7(5-6)8(11)3-4-13(14)12-9/h1-3,5H,4H2,(H,12,14)/q+1. The van der Waals surface area contributed by atoms with Crippen LogP contribution in [0.3, 0.4) is 0 Å². The maximum Gasteiger partial charge on any atom is 0.245 e. The van der Waals surface area contributed by atoms with Gasteiger partial charge in [-0.3, -0.25) is 0 Å². The quantitative estimate of drug-likeness (QED) is 0.694. The van der Waals surface area contributed by atoms with Gasteiger partial charge in [0.05, 0.1) is 9.94 Å². The summed E-state index contributed by atoms with van der Waals surface area (Å²) in [5.41, 5.74) is 4.08. The first kappa shape index (κ1) is 9.49. The molecule has 0 atom stereocenters. The van der Waals surface area contributed by atoms with Gasteiger partial charge in [-0.2, -0.15) is 0 Å². The average Bonchev–Trinajstić information content (AvgIpc) is 2.29. The highest BCUT2D eigenvalue weighted by atomic mass is 35.5. The number of nitroso groups, excluding NO2 is 1. The van der Waals surface area contributed by atoms with Gasteiger partial charge in [0.15, 0.2) is 0 Å². The van der Waals surface area contributed by atoms with Gasteiger partial charge < -0.3 is 0 Å². The van der Waals surface area contributed by atoms with E-state index in [-0.39, 0.29) is 6.54 Å². The summed E-state index contributed by atoms with van der Waals surface area (Å²) in [7, 11) is 0. The largest absolute Gasteiger partial charge is 0.245 e. The molecule has 0 aliphatic carbocycles. The van der Waals surface area contributed by atoms with Crippen LogP contribution in [0.15, 0.2) is 24.3 Å². The van der Waals surface area contributed by atoms with Crippen LogP contribution in [0.2, 0.25) is 5.02 Å². The van der Waals surface area contributed by atoms with Crippen molar-refractivity contribution in [3.63, 3.8) is 0 Å². The fraction of sp³-hybridized carbons (Fsp3) is 0.111. The molecular formula is C9H7Cl2N2O+. The Morgan fingerprint density at radius 1 is 1.36 bits per heavy atom. The van der Waals surface area contributed by atoms with Gasteiger partial charge in [-0.25, -0.2) is 0 Å². The van der Waals surface area contributed by atoms with Crippen molar-refractivity contribution in [1.82, 2.24) is 0 Å². The zero-order chi connectivity index (χ0) is 10.1. The number of halogens is 2. The predicted molar refractivity (Wildman–Crippen MR) is 57.4 cm³/mol. The maximum absolute atomic E-state index is 11.1. The lowest BCUT2D eigenvalue weighted by molar-refractivity contribution is -0.507. The lowest BCUT2D eigenvalue weighted by Crippen LogP contribution is -2.14. The molecule has 1 N–H and O–H groups in total. The van der Waals surface area contributed by atoms with Gasteiger partial charge in [0.25, 0.3) is 0 Å². The average molecular weight is 230 g/mol. The summed E-state index contributed by atoms with van der Waals surface area (Å²) in [6, 6.07) is 5.16. The second-order valence-corrected chi connectivity index (χ2v) is 3.76. The van der Waals surface area contributed by atoms with Crippen molar-refractivity contribution in [2.24, 2.45) is 0 Å². The molecule has 72 valence electrons. The summed E-state index contributed by atoms with van der Waals surface area (Å²) in [6.45, 7) is 0.213. The predicted octanol–water partition coefficient (Wildman–Crippen LogP) is 3.04. The monoisotopic (exact) mass is 229 g/mol. The second-order valence-electron chi connectivity index (χ2n) is 2.91. The van der Waals surface area contributed by atoms with E-state index in [1.807, 2.05) is 0 Å². The molecule has 14 heavy (non-hydrogen) atoms. The number of anilines is 1. The molecule has 1 aliphatic rings. The molecule has 0 amide bonds. The molecule has 0 fully saturated rings. The Morgan fingerprint density at radius 3 is 2.93 bits per heavy atom. The van der Waals surface area contributed by atoms with E-state index in [1.54, 1.807) is 24.3 Å². The first-order valence-corrected chi connectivity index (χ1v) is 4.79. The van der Waals surface area contributed by atoms with Gasteiger partial charge in [0, 0.05) is 16.7 Å². The van der Waals surface area contributed by atoms with Crippen molar-refractivity contribution in [3.05, 3.63) is 39.8 Å². The van der Waals surface area contributed by atoms with E-state index in [1.165, 1.54) is 0 Å². The fourth-order valence-electron chi connectivity index (χ4n) is 1.26. The van der Waals surface area contributed by atoms with Crippen LogP contribution in [0, 0.1) is 4.91 Å². The van der Waals surface area contributed by atoms with Crippen LogP contribution in [0.4, 0.5) is 5.69 Å². The first-order valence-electron chi connectivity index (χ1n) is 4.04. The highest BCUT2D eigenvalue weighted by Crippen LogP contribution is 2.31. The van der Waals surface area contributed by atoms with Crippen molar-refractivity contribution in [2.75, 3.05) is 12.0 Å². The molecule has 0 saturated carbocycles. The Bertz CT molecular complexity index is 429. The van der Waals surface area contributed by atoms with Crippen LogP contribution < -0.4 is 5.43 Å². The summed E-state index contributed by atoms with van der Waals surface area (Å²) in [5.74, 6) is 0. The molecule has 1 aromatic rings. The number of hydrazine groups is 1. The van der Waals surface area contributed by atoms with Crippen molar-refractivity contribution in [2.45, 2.75) is 0 Å². The zero-order valence-corrected chi connectivity index (χ0v) is 8.64. The summed E-state index contributed by atoms with van der Waals surface area (Å²) in [5, 5.41) is 1.13. The molecule has 0 spiro atoms. The molecule has 1 aromatic carbocycles. The Morgan fingerprint density at radius 2 is 2.14 bits per heavy atom. The van der Waals surface area contributed by atoms with Gasteiger partial charge in [-0.15, -0.1) is 5.43 Å². The minimum absolute atomic E-state index is 0.213. The fourth-order valence-corrected chi connectivity index (χ4v) is 1.66. The third kappa shape index (κ3) is 1.74. The molecule has 0 aromatic heterocycles. The van der Waals surface area contributed by atoms with Crippen molar-refractivity contribution < 1.29 is 4.87 Å². The third-order valence-electron chi connectivity index (χ3n) is 1.92. The van der Waals surface area contributed by atoms with Crippen molar-refractivity contribution >= 4 is 33.9 Å². The normalized spacial score (nSPS) is 15.3. The first-order chi connectivity index (χ1) is 6.66. The Balaban J connectivity index is 2.57. The van der Waals surface area contributed by atoms with E-state index in [0.717, 1.165) is 5.56 Å². The second kappa shape index (κ2) is 3.59. The zero-order valence-electron chi connectivity index (χ0n) is 7.13. The van der Waals surface area contributed by atoms with Crippen molar-refractivity contribution in [3.8, 4) is 0 Å². The van der Waals surface area contributed by atoms with E-state index in [0.29, 0.717) is 20.6 Å². The van der Waals surface area contributed by atoms with E-state index < -0.39 is 0 Å². The maximum atomic E-state index is 11.1. The lowest BCUT2D eigenvalue weighted by Gasteiger charge is -2.02. The van der Waals surface area contributed by atoms with Gasteiger partial charge in [0.2, 0.25) is 6.54 Å².